The summed E-state index contributed by atoms with van der Waals surface area (Å²) < 4.78 is 1.70. The van der Waals surface area contributed by atoms with Crippen molar-refractivity contribution >= 4 is 5.91 Å². The number of amides is 1. The average Bonchev–Trinajstić information content (AvgIpc) is 3.15. The second-order valence-corrected chi connectivity index (χ2v) is 5.39. The lowest BCUT2D eigenvalue weighted by Crippen LogP contribution is -2.29. The van der Waals surface area contributed by atoms with Crippen LogP contribution in [0.1, 0.15) is 28.9 Å². The van der Waals surface area contributed by atoms with E-state index in [9.17, 15) is 4.79 Å². The fraction of sp³-hybridized carbons (Fsp3) is 0.167. The Balaban J connectivity index is 1.77. The highest BCUT2D eigenvalue weighted by Crippen LogP contribution is 2.22. The average molecular weight is 306 g/mol. The van der Waals surface area contributed by atoms with Gasteiger partial charge >= 0.3 is 0 Å². The predicted molar refractivity (Wildman–Crippen MR) is 88.3 cm³/mol. The van der Waals surface area contributed by atoms with Crippen LogP contribution in [0.5, 0.6) is 0 Å². The summed E-state index contributed by atoms with van der Waals surface area (Å²) in [5, 5.41) is 4.11. The minimum absolute atomic E-state index is 0.0125. The first-order valence-corrected chi connectivity index (χ1v) is 7.44. The first-order chi connectivity index (χ1) is 11.2. The number of hydrogen-bond donors (Lipinski definition) is 0. The molecule has 0 saturated carbocycles. The Bertz CT molecular complexity index is 767. The van der Waals surface area contributed by atoms with Crippen LogP contribution in [-0.2, 0) is 0 Å². The fourth-order valence-electron chi connectivity index (χ4n) is 2.43. The van der Waals surface area contributed by atoms with Crippen LogP contribution in [0.3, 0.4) is 0 Å². The standard InChI is InChI=1S/C18H18N4O/c1-14(21(2)18(23)16-6-4-3-5-7-16)15-8-10-17(11-9-15)22-13-19-12-20-22/h3-14H,1-2H3/t14-/m0/s1. The maximum Gasteiger partial charge on any atom is 0.254 e. The van der Waals surface area contributed by atoms with Gasteiger partial charge in [-0.1, -0.05) is 30.3 Å². The van der Waals surface area contributed by atoms with Gasteiger partial charge in [-0.2, -0.15) is 5.10 Å². The second-order valence-electron chi connectivity index (χ2n) is 5.39. The van der Waals surface area contributed by atoms with Crippen molar-refractivity contribution in [1.29, 1.82) is 0 Å². The molecule has 0 radical (unpaired) electrons. The van der Waals surface area contributed by atoms with Crippen LogP contribution in [0.15, 0.2) is 67.3 Å². The van der Waals surface area contributed by atoms with Gasteiger partial charge < -0.3 is 4.90 Å². The zero-order valence-electron chi connectivity index (χ0n) is 13.1. The highest BCUT2D eigenvalue weighted by atomic mass is 16.2. The summed E-state index contributed by atoms with van der Waals surface area (Å²) in [5.74, 6) is 0.0125. The summed E-state index contributed by atoms with van der Waals surface area (Å²) in [6, 6.07) is 17.3. The molecule has 0 saturated heterocycles. The molecule has 2 aromatic carbocycles. The van der Waals surface area contributed by atoms with Gasteiger partial charge in [-0.3, -0.25) is 4.79 Å². The van der Waals surface area contributed by atoms with E-state index in [1.54, 1.807) is 15.9 Å². The number of aromatic nitrogens is 3. The van der Waals surface area contributed by atoms with Gasteiger partial charge in [0.15, 0.2) is 0 Å². The predicted octanol–water partition coefficient (Wildman–Crippen LogP) is 3.10. The molecule has 1 amide bonds. The van der Waals surface area contributed by atoms with E-state index in [-0.39, 0.29) is 11.9 Å². The molecule has 0 bridgehead atoms. The maximum atomic E-state index is 12.5. The van der Waals surface area contributed by atoms with Gasteiger partial charge in [-0.05, 0) is 36.8 Å². The van der Waals surface area contributed by atoms with E-state index < -0.39 is 0 Å². The zero-order valence-corrected chi connectivity index (χ0v) is 13.1. The van der Waals surface area contributed by atoms with E-state index in [1.165, 1.54) is 6.33 Å². The van der Waals surface area contributed by atoms with Gasteiger partial charge in [0.05, 0.1) is 11.7 Å². The van der Waals surface area contributed by atoms with Gasteiger partial charge in [-0.15, -0.1) is 0 Å². The van der Waals surface area contributed by atoms with E-state index in [1.807, 2.05) is 68.6 Å². The van der Waals surface area contributed by atoms with Gasteiger partial charge in [-0.25, -0.2) is 9.67 Å². The summed E-state index contributed by atoms with van der Waals surface area (Å²) >= 11 is 0. The first kappa shape index (κ1) is 15.0. The van der Waals surface area contributed by atoms with Crippen molar-refractivity contribution in [2.24, 2.45) is 0 Å². The fourth-order valence-corrected chi connectivity index (χ4v) is 2.43. The number of hydrogen-bond acceptors (Lipinski definition) is 3. The molecule has 0 aliphatic carbocycles. The first-order valence-electron chi connectivity index (χ1n) is 7.44. The molecule has 0 fully saturated rings. The summed E-state index contributed by atoms with van der Waals surface area (Å²) in [4.78, 5) is 18.2. The van der Waals surface area contributed by atoms with Crippen LogP contribution in [0.2, 0.25) is 0 Å². The van der Waals surface area contributed by atoms with E-state index >= 15 is 0 Å². The van der Waals surface area contributed by atoms with Crippen LogP contribution in [0.4, 0.5) is 0 Å². The Morgan fingerprint density at radius 3 is 2.39 bits per heavy atom. The summed E-state index contributed by atoms with van der Waals surface area (Å²) in [7, 11) is 1.82. The van der Waals surface area contributed by atoms with E-state index in [0.717, 1.165) is 11.3 Å². The molecule has 1 atom stereocenters. The lowest BCUT2D eigenvalue weighted by Gasteiger charge is -2.25. The molecular weight excluding hydrogens is 288 g/mol. The molecule has 116 valence electrons. The Kier molecular flexibility index (Phi) is 4.19. The normalized spacial score (nSPS) is 11.9. The van der Waals surface area contributed by atoms with Crippen LogP contribution in [-0.4, -0.2) is 32.6 Å². The van der Waals surface area contributed by atoms with Crippen LogP contribution in [0.25, 0.3) is 5.69 Å². The number of carbonyl (C=O) groups excluding carboxylic acids is 1. The third-order valence-corrected chi connectivity index (χ3v) is 3.98. The van der Waals surface area contributed by atoms with E-state index in [4.69, 9.17) is 0 Å². The zero-order chi connectivity index (χ0) is 16.2. The number of carbonyl (C=O) groups is 1. The van der Waals surface area contributed by atoms with Crippen molar-refractivity contribution in [2.45, 2.75) is 13.0 Å². The smallest absolute Gasteiger partial charge is 0.254 e. The molecule has 3 aromatic rings. The van der Waals surface area contributed by atoms with Crippen molar-refractivity contribution in [3.8, 4) is 5.69 Å². The Hall–Kier alpha value is -2.95. The van der Waals surface area contributed by atoms with Crippen molar-refractivity contribution in [3.05, 3.63) is 78.4 Å². The molecular formula is C18H18N4O. The lowest BCUT2D eigenvalue weighted by molar-refractivity contribution is 0.0742. The minimum atomic E-state index is -0.0208. The molecule has 0 spiro atoms. The van der Waals surface area contributed by atoms with Crippen molar-refractivity contribution in [2.75, 3.05) is 7.05 Å². The highest BCUT2D eigenvalue weighted by Gasteiger charge is 2.18. The molecule has 0 N–H and O–H groups in total. The summed E-state index contributed by atoms with van der Waals surface area (Å²) in [6.45, 7) is 2.02. The molecule has 0 aliphatic heterocycles. The number of rotatable bonds is 4. The van der Waals surface area contributed by atoms with Gasteiger partial charge in [0, 0.05) is 12.6 Å². The molecule has 1 aromatic heterocycles. The molecule has 0 aliphatic rings. The lowest BCUT2D eigenvalue weighted by atomic mass is 10.1. The molecule has 23 heavy (non-hydrogen) atoms. The van der Waals surface area contributed by atoms with Crippen molar-refractivity contribution < 1.29 is 4.79 Å². The Labute approximate surface area is 135 Å². The highest BCUT2D eigenvalue weighted by molar-refractivity contribution is 5.94. The minimum Gasteiger partial charge on any atom is -0.335 e. The summed E-state index contributed by atoms with van der Waals surface area (Å²) in [6.07, 6.45) is 3.16. The molecule has 1 heterocycles. The van der Waals surface area contributed by atoms with Gasteiger partial charge in [0.2, 0.25) is 0 Å². The van der Waals surface area contributed by atoms with Gasteiger partial charge in [0.1, 0.15) is 12.7 Å². The maximum absolute atomic E-state index is 12.5. The van der Waals surface area contributed by atoms with Gasteiger partial charge in [0.25, 0.3) is 5.91 Å². The molecule has 0 unspecified atom stereocenters. The van der Waals surface area contributed by atoms with Crippen LogP contribution in [0, 0.1) is 0 Å². The topological polar surface area (TPSA) is 51.0 Å². The van der Waals surface area contributed by atoms with Crippen LogP contribution < -0.4 is 0 Å². The third-order valence-electron chi connectivity index (χ3n) is 3.98. The van der Waals surface area contributed by atoms with Crippen LogP contribution >= 0.6 is 0 Å². The SMILES string of the molecule is C[C@@H](c1ccc(-n2cncn2)cc1)N(C)C(=O)c1ccccc1. The quantitative estimate of drug-likeness (QED) is 0.744. The Morgan fingerprint density at radius 1 is 1.09 bits per heavy atom. The number of nitrogens with zero attached hydrogens (tertiary/aromatic N) is 4. The molecule has 3 rings (SSSR count). The molecule has 5 nitrogen and oxygen atoms in total. The Morgan fingerprint density at radius 2 is 1.78 bits per heavy atom. The largest absolute Gasteiger partial charge is 0.335 e. The van der Waals surface area contributed by atoms with E-state index in [0.29, 0.717) is 5.56 Å². The van der Waals surface area contributed by atoms with Crippen molar-refractivity contribution in [3.63, 3.8) is 0 Å². The van der Waals surface area contributed by atoms with Crippen molar-refractivity contribution in [1.82, 2.24) is 19.7 Å². The number of benzene rings is 2. The summed E-state index contributed by atoms with van der Waals surface area (Å²) in [5.41, 5.74) is 2.71. The second kappa shape index (κ2) is 6.44. The van der Waals surface area contributed by atoms with E-state index in [2.05, 4.69) is 10.1 Å². The monoisotopic (exact) mass is 306 g/mol. The third kappa shape index (κ3) is 3.13. The molecule has 5 heteroatoms.